The molecule has 1 aromatic heterocycles. The first kappa shape index (κ1) is 11.1. The Balaban J connectivity index is 2.44. The van der Waals surface area contributed by atoms with Gasteiger partial charge in [-0.25, -0.2) is 4.98 Å². The van der Waals surface area contributed by atoms with Gasteiger partial charge in [0.2, 0.25) is 0 Å². The molecular weight excluding hydrogens is 198 g/mol. The Labute approximate surface area is 96.5 Å². The fourth-order valence-electron chi connectivity index (χ4n) is 1.85. The van der Waals surface area contributed by atoms with E-state index in [2.05, 4.69) is 47.8 Å². The number of aromatic nitrogens is 2. The van der Waals surface area contributed by atoms with Crippen LogP contribution in [0.2, 0.25) is 0 Å². The molecule has 0 saturated carbocycles. The molecule has 0 radical (unpaired) electrons. The minimum atomic E-state index is 0.457. The Hall–Kier alpha value is -1.35. The zero-order valence-corrected chi connectivity index (χ0v) is 10.4. The highest BCUT2D eigenvalue weighted by Crippen LogP contribution is 2.18. The third-order valence-corrected chi connectivity index (χ3v) is 3.20. The van der Waals surface area contributed by atoms with Crippen molar-refractivity contribution in [1.82, 2.24) is 14.9 Å². The summed E-state index contributed by atoms with van der Waals surface area (Å²) in [5, 5.41) is 3.25. The average molecular weight is 217 g/mol. The van der Waals surface area contributed by atoms with Crippen LogP contribution < -0.4 is 5.32 Å². The molecule has 2 rings (SSSR count). The summed E-state index contributed by atoms with van der Waals surface area (Å²) >= 11 is 0. The Morgan fingerprint density at radius 3 is 2.69 bits per heavy atom. The summed E-state index contributed by atoms with van der Waals surface area (Å²) in [5.41, 5.74) is 4.95. The van der Waals surface area contributed by atoms with Gasteiger partial charge in [0.05, 0.1) is 17.4 Å². The third kappa shape index (κ3) is 1.95. The highest BCUT2D eigenvalue weighted by atomic mass is 15.1. The fourth-order valence-corrected chi connectivity index (χ4v) is 1.85. The van der Waals surface area contributed by atoms with Crippen LogP contribution in [0.15, 0.2) is 18.5 Å². The maximum Gasteiger partial charge on any atom is 0.0958 e. The first-order valence-electron chi connectivity index (χ1n) is 5.71. The van der Waals surface area contributed by atoms with E-state index >= 15 is 0 Å². The van der Waals surface area contributed by atoms with Gasteiger partial charge in [-0.1, -0.05) is 0 Å². The van der Waals surface area contributed by atoms with E-state index in [-0.39, 0.29) is 0 Å². The van der Waals surface area contributed by atoms with Crippen molar-refractivity contribution in [1.29, 1.82) is 0 Å². The van der Waals surface area contributed by atoms with Crippen molar-refractivity contribution in [3.63, 3.8) is 0 Å². The lowest BCUT2D eigenvalue weighted by Crippen LogP contribution is -2.26. The lowest BCUT2D eigenvalue weighted by molar-refractivity contribution is 0.523. The Kier molecular flexibility index (Phi) is 2.97. The Bertz CT molecular complexity index is 499. The summed E-state index contributed by atoms with van der Waals surface area (Å²) in [6, 6.07) is 4.84. The molecule has 1 N–H and O–H groups in total. The van der Waals surface area contributed by atoms with E-state index in [9.17, 15) is 0 Å². The van der Waals surface area contributed by atoms with Crippen molar-refractivity contribution in [3.05, 3.63) is 29.6 Å². The number of benzene rings is 1. The maximum atomic E-state index is 4.44. The standard InChI is InChI=1S/C13H19N3/c1-9-5-12-13(6-10(9)2)16(8-15-12)7-11(3)14-4/h5-6,8,11,14H,7H2,1-4H3. The summed E-state index contributed by atoms with van der Waals surface area (Å²) in [5.74, 6) is 0. The smallest absolute Gasteiger partial charge is 0.0958 e. The molecule has 1 aromatic carbocycles. The van der Waals surface area contributed by atoms with E-state index in [1.54, 1.807) is 0 Å². The molecule has 16 heavy (non-hydrogen) atoms. The molecule has 3 nitrogen and oxygen atoms in total. The second-order valence-electron chi connectivity index (χ2n) is 4.51. The highest BCUT2D eigenvalue weighted by molar-refractivity contribution is 5.77. The van der Waals surface area contributed by atoms with Gasteiger partial charge in [-0.05, 0) is 51.1 Å². The van der Waals surface area contributed by atoms with Gasteiger partial charge in [-0.3, -0.25) is 0 Å². The predicted octanol–water partition coefficient (Wildman–Crippen LogP) is 2.26. The average Bonchev–Trinajstić information content (AvgIpc) is 2.62. The molecule has 0 aliphatic carbocycles. The van der Waals surface area contributed by atoms with Crippen molar-refractivity contribution in [3.8, 4) is 0 Å². The fraction of sp³-hybridized carbons (Fsp3) is 0.462. The summed E-state index contributed by atoms with van der Waals surface area (Å²) < 4.78 is 2.21. The van der Waals surface area contributed by atoms with Crippen LogP contribution in [0.5, 0.6) is 0 Å². The van der Waals surface area contributed by atoms with E-state index in [0.29, 0.717) is 6.04 Å². The number of nitrogens with one attached hydrogen (secondary N) is 1. The molecule has 1 heterocycles. The van der Waals surface area contributed by atoms with Crippen molar-refractivity contribution >= 4 is 11.0 Å². The van der Waals surface area contributed by atoms with E-state index in [1.165, 1.54) is 16.6 Å². The van der Waals surface area contributed by atoms with E-state index < -0.39 is 0 Å². The van der Waals surface area contributed by atoms with Gasteiger partial charge in [-0.15, -0.1) is 0 Å². The molecule has 0 fully saturated rings. The topological polar surface area (TPSA) is 29.9 Å². The number of hydrogen-bond acceptors (Lipinski definition) is 2. The van der Waals surface area contributed by atoms with Crippen molar-refractivity contribution in [2.24, 2.45) is 0 Å². The number of fused-ring (bicyclic) bond motifs is 1. The first-order valence-corrected chi connectivity index (χ1v) is 5.71. The molecule has 0 bridgehead atoms. The quantitative estimate of drug-likeness (QED) is 0.854. The third-order valence-electron chi connectivity index (χ3n) is 3.20. The number of aryl methyl sites for hydroxylation is 2. The van der Waals surface area contributed by atoms with E-state index in [4.69, 9.17) is 0 Å². The Morgan fingerprint density at radius 1 is 1.31 bits per heavy atom. The number of likely N-dealkylation sites (N-methyl/N-ethyl adjacent to an activating group) is 1. The Morgan fingerprint density at radius 2 is 2.00 bits per heavy atom. The van der Waals surface area contributed by atoms with Crippen LogP contribution >= 0.6 is 0 Å². The molecule has 0 amide bonds. The second kappa shape index (κ2) is 4.26. The van der Waals surface area contributed by atoms with Crippen molar-refractivity contribution < 1.29 is 0 Å². The largest absolute Gasteiger partial charge is 0.329 e. The minimum Gasteiger partial charge on any atom is -0.329 e. The zero-order valence-electron chi connectivity index (χ0n) is 10.4. The van der Waals surface area contributed by atoms with Crippen LogP contribution in [0.3, 0.4) is 0 Å². The molecule has 0 saturated heterocycles. The van der Waals surface area contributed by atoms with Crippen LogP contribution in [-0.2, 0) is 6.54 Å². The summed E-state index contributed by atoms with van der Waals surface area (Å²) in [4.78, 5) is 4.44. The number of imidazole rings is 1. The number of rotatable bonds is 3. The molecule has 0 aliphatic heterocycles. The van der Waals surface area contributed by atoms with Crippen molar-refractivity contribution in [2.75, 3.05) is 7.05 Å². The van der Waals surface area contributed by atoms with Gasteiger partial charge >= 0.3 is 0 Å². The van der Waals surface area contributed by atoms with Crippen LogP contribution in [0, 0.1) is 13.8 Å². The van der Waals surface area contributed by atoms with Crippen LogP contribution in [0.4, 0.5) is 0 Å². The van der Waals surface area contributed by atoms with E-state index in [1.807, 2.05) is 13.4 Å². The van der Waals surface area contributed by atoms with E-state index in [0.717, 1.165) is 12.1 Å². The molecule has 86 valence electrons. The predicted molar refractivity (Wildman–Crippen MR) is 67.7 cm³/mol. The normalized spacial score (nSPS) is 13.2. The molecule has 1 unspecified atom stereocenters. The molecule has 0 aliphatic rings. The summed E-state index contributed by atoms with van der Waals surface area (Å²) in [6.07, 6.45) is 1.93. The molecule has 2 aromatic rings. The van der Waals surface area contributed by atoms with Crippen LogP contribution in [0.1, 0.15) is 18.1 Å². The van der Waals surface area contributed by atoms with Crippen LogP contribution in [-0.4, -0.2) is 22.6 Å². The van der Waals surface area contributed by atoms with Gasteiger partial charge in [0, 0.05) is 12.6 Å². The SMILES string of the molecule is CNC(C)Cn1cnc2cc(C)c(C)cc21. The molecular formula is C13H19N3. The van der Waals surface area contributed by atoms with Gasteiger partial charge in [0.1, 0.15) is 0 Å². The number of nitrogens with zero attached hydrogens (tertiary/aromatic N) is 2. The van der Waals surface area contributed by atoms with Crippen LogP contribution in [0.25, 0.3) is 11.0 Å². The monoisotopic (exact) mass is 217 g/mol. The highest BCUT2D eigenvalue weighted by Gasteiger charge is 2.06. The van der Waals surface area contributed by atoms with Gasteiger partial charge in [0.15, 0.2) is 0 Å². The van der Waals surface area contributed by atoms with Gasteiger partial charge in [0.25, 0.3) is 0 Å². The summed E-state index contributed by atoms with van der Waals surface area (Å²) in [6.45, 7) is 7.40. The van der Waals surface area contributed by atoms with Gasteiger partial charge in [-0.2, -0.15) is 0 Å². The molecule has 3 heteroatoms. The number of hydrogen-bond donors (Lipinski definition) is 1. The molecule has 0 spiro atoms. The lowest BCUT2D eigenvalue weighted by Gasteiger charge is -2.12. The second-order valence-corrected chi connectivity index (χ2v) is 4.51. The van der Waals surface area contributed by atoms with Crippen molar-refractivity contribution in [2.45, 2.75) is 33.4 Å². The zero-order chi connectivity index (χ0) is 11.7. The minimum absolute atomic E-state index is 0.457. The summed E-state index contributed by atoms with van der Waals surface area (Å²) in [7, 11) is 1.99. The molecule has 1 atom stereocenters. The lowest BCUT2D eigenvalue weighted by atomic mass is 10.1. The maximum absolute atomic E-state index is 4.44. The first-order chi connectivity index (χ1) is 7.61. The van der Waals surface area contributed by atoms with Gasteiger partial charge < -0.3 is 9.88 Å².